The van der Waals surface area contributed by atoms with Gasteiger partial charge < -0.3 is 4.74 Å². The molecule has 0 fully saturated rings. The maximum absolute atomic E-state index is 14.2. The Balaban J connectivity index is 1.88. The fourth-order valence-electron chi connectivity index (χ4n) is 6.32. The van der Waals surface area contributed by atoms with Crippen LogP contribution in [0.5, 0.6) is 0 Å². The monoisotopic (exact) mass is 720 g/mol. The van der Waals surface area contributed by atoms with Gasteiger partial charge in [0.1, 0.15) is 0 Å². The SMILES string of the molecule is CC[C@@H]1C[C@@H](C(N=C(c2ccccc2)c2ccccc2)c2cc(C(F)(F)F)cc(C(F)(F)F)c2)c2cc(C(F)(F)F)ccc2N1C(=O)OC(C)C. The van der Waals surface area contributed by atoms with E-state index in [-0.39, 0.29) is 35.9 Å². The molecule has 1 aliphatic rings. The number of ether oxygens (including phenoxy) is 1. The summed E-state index contributed by atoms with van der Waals surface area (Å²) in [7, 11) is 0. The molecule has 1 aliphatic heterocycles. The minimum atomic E-state index is -5.21. The average molecular weight is 721 g/mol. The average Bonchev–Trinajstić information content (AvgIpc) is 3.07. The lowest BCUT2D eigenvalue weighted by Gasteiger charge is -2.42. The smallest absolute Gasteiger partial charge is 0.416 e. The van der Waals surface area contributed by atoms with Gasteiger partial charge in [0, 0.05) is 23.1 Å². The van der Waals surface area contributed by atoms with Gasteiger partial charge in [0.05, 0.1) is 40.2 Å². The van der Waals surface area contributed by atoms with Crippen LogP contribution in [0.15, 0.2) is 102 Å². The largest absolute Gasteiger partial charge is 0.446 e. The minimum Gasteiger partial charge on any atom is -0.446 e. The van der Waals surface area contributed by atoms with E-state index in [1.54, 1.807) is 81.4 Å². The highest BCUT2D eigenvalue weighted by molar-refractivity contribution is 6.13. The summed E-state index contributed by atoms with van der Waals surface area (Å²) in [6.07, 6.45) is -16.7. The summed E-state index contributed by atoms with van der Waals surface area (Å²) < 4.78 is 133. The molecule has 0 saturated heterocycles. The van der Waals surface area contributed by atoms with Gasteiger partial charge in [-0.05, 0) is 74.2 Å². The van der Waals surface area contributed by atoms with Crippen molar-refractivity contribution in [1.29, 1.82) is 0 Å². The number of rotatable bonds is 7. The summed E-state index contributed by atoms with van der Waals surface area (Å²) in [5.74, 6) is -1.23. The topological polar surface area (TPSA) is 41.9 Å². The predicted molar refractivity (Wildman–Crippen MR) is 175 cm³/mol. The van der Waals surface area contributed by atoms with Crippen molar-refractivity contribution in [2.24, 2.45) is 4.99 Å². The molecule has 0 bridgehead atoms. The van der Waals surface area contributed by atoms with Gasteiger partial charge in [0.15, 0.2) is 0 Å². The lowest BCUT2D eigenvalue weighted by Crippen LogP contribution is -2.46. The van der Waals surface area contributed by atoms with Crippen LogP contribution in [-0.2, 0) is 23.3 Å². The van der Waals surface area contributed by atoms with Crippen LogP contribution in [0.3, 0.4) is 0 Å². The second-order valence-corrected chi connectivity index (χ2v) is 12.5. The molecule has 1 amide bonds. The number of fused-ring (bicyclic) bond motifs is 1. The highest BCUT2D eigenvalue weighted by Crippen LogP contribution is 2.50. The van der Waals surface area contributed by atoms with Crippen LogP contribution in [0.2, 0.25) is 0 Å². The van der Waals surface area contributed by atoms with Crippen molar-refractivity contribution in [3.63, 3.8) is 0 Å². The number of carbonyl (C=O) groups is 1. The van der Waals surface area contributed by atoms with E-state index < -0.39 is 71.0 Å². The molecule has 1 heterocycles. The summed E-state index contributed by atoms with van der Waals surface area (Å²) in [4.78, 5) is 19.5. The fourth-order valence-corrected chi connectivity index (χ4v) is 6.32. The van der Waals surface area contributed by atoms with E-state index >= 15 is 0 Å². The van der Waals surface area contributed by atoms with Crippen molar-refractivity contribution in [3.05, 3.63) is 136 Å². The van der Waals surface area contributed by atoms with Crippen molar-refractivity contribution in [2.75, 3.05) is 4.90 Å². The van der Waals surface area contributed by atoms with E-state index in [4.69, 9.17) is 9.73 Å². The summed E-state index contributed by atoms with van der Waals surface area (Å²) >= 11 is 0. The highest BCUT2D eigenvalue weighted by atomic mass is 19.4. The normalized spacial score (nSPS) is 17.2. The first-order valence-corrected chi connectivity index (χ1v) is 16.1. The molecular formula is C38H33F9N2O2. The maximum Gasteiger partial charge on any atom is 0.416 e. The van der Waals surface area contributed by atoms with Crippen LogP contribution in [0.25, 0.3) is 0 Å². The Morgan fingerprint density at radius 3 is 1.71 bits per heavy atom. The molecule has 4 aromatic rings. The number of anilines is 1. The summed E-state index contributed by atoms with van der Waals surface area (Å²) in [5, 5.41) is 0. The van der Waals surface area contributed by atoms with Crippen molar-refractivity contribution in [3.8, 4) is 0 Å². The fraction of sp³-hybridized carbons (Fsp3) is 0.316. The molecular weight excluding hydrogens is 687 g/mol. The third kappa shape index (κ3) is 8.40. The minimum absolute atomic E-state index is 0.00530. The first kappa shape index (κ1) is 37.4. The zero-order valence-corrected chi connectivity index (χ0v) is 27.6. The number of benzene rings is 4. The number of halogens is 9. The van der Waals surface area contributed by atoms with E-state index in [1.807, 2.05) is 0 Å². The summed E-state index contributed by atoms with van der Waals surface area (Å²) in [6, 6.07) is 18.1. The molecule has 0 aromatic heterocycles. The molecule has 0 N–H and O–H groups in total. The molecule has 4 aromatic carbocycles. The Labute approximate surface area is 288 Å². The van der Waals surface area contributed by atoms with E-state index in [1.165, 1.54) is 4.90 Å². The van der Waals surface area contributed by atoms with Crippen molar-refractivity contribution in [2.45, 2.75) is 76.2 Å². The lowest BCUT2D eigenvalue weighted by atomic mass is 9.77. The molecule has 0 spiro atoms. The Kier molecular flexibility index (Phi) is 10.6. The Morgan fingerprint density at radius 1 is 0.745 bits per heavy atom. The second-order valence-electron chi connectivity index (χ2n) is 12.5. The quantitative estimate of drug-likeness (QED) is 0.141. The number of carbonyl (C=O) groups excluding carboxylic acids is 1. The second kappa shape index (κ2) is 14.4. The first-order chi connectivity index (χ1) is 23.9. The lowest BCUT2D eigenvalue weighted by molar-refractivity contribution is -0.143. The molecule has 0 aliphatic carbocycles. The number of nitrogens with zero attached hydrogens (tertiary/aromatic N) is 2. The molecule has 0 radical (unpaired) electrons. The molecule has 0 saturated carbocycles. The molecule has 270 valence electrons. The van der Waals surface area contributed by atoms with E-state index in [9.17, 15) is 44.3 Å². The van der Waals surface area contributed by atoms with Crippen molar-refractivity contribution in [1.82, 2.24) is 0 Å². The van der Waals surface area contributed by atoms with Gasteiger partial charge >= 0.3 is 24.6 Å². The highest BCUT2D eigenvalue weighted by Gasteiger charge is 2.44. The molecule has 1 unspecified atom stereocenters. The van der Waals surface area contributed by atoms with Crippen LogP contribution in [0, 0.1) is 0 Å². The van der Waals surface area contributed by atoms with Gasteiger partial charge in [-0.3, -0.25) is 9.89 Å². The number of aliphatic imine (C=N–C) groups is 1. The van der Waals surface area contributed by atoms with Crippen molar-refractivity contribution < 1.29 is 49.0 Å². The summed E-state index contributed by atoms with van der Waals surface area (Å²) in [6.45, 7) is 4.88. The Hall–Kier alpha value is -4.81. The Bertz CT molecular complexity index is 1790. The standard InChI is InChI=1S/C38H33F9N2O2/c1-4-29-21-31(30-20-26(36(39,40)41)15-16-32(30)49(29)35(50)51-22(2)3)34(25-17-27(37(42,43)44)19-28(18-25)38(45,46)47)48-33(23-11-7-5-8-12-23)24-13-9-6-10-14-24/h5-20,22,29,31,34H,4,21H2,1-3H3/t29-,31-,34?/m1/s1. The molecule has 4 nitrogen and oxygen atoms in total. The number of hydrogen-bond donors (Lipinski definition) is 0. The van der Waals surface area contributed by atoms with Gasteiger partial charge in [0.2, 0.25) is 0 Å². The van der Waals surface area contributed by atoms with E-state index in [0.29, 0.717) is 23.3 Å². The van der Waals surface area contributed by atoms with Gasteiger partial charge in [0.25, 0.3) is 0 Å². The van der Waals surface area contributed by atoms with E-state index in [0.717, 1.165) is 18.2 Å². The number of alkyl halides is 9. The zero-order chi connectivity index (χ0) is 37.3. The molecule has 51 heavy (non-hydrogen) atoms. The van der Waals surface area contributed by atoms with Crippen molar-refractivity contribution >= 4 is 17.5 Å². The Morgan fingerprint density at radius 2 is 1.25 bits per heavy atom. The van der Waals surface area contributed by atoms with Gasteiger partial charge in [-0.1, -0.05) is 67.6 Å². The van der Waals surface area contributed by atoms with Crippen LogP contribution in [0.4, 0.5) is 50.0 Å². The maximum atomic E-state index is 14.2. The van der Waals surface area contributed by atoms with Gasteiger partial charge in [-0.25, -0.2) is 4.79 Å². The predicted octanol–water partition coefficient (Wildman–Crippen LogP) is 11.6. The van der Waals surface area contributed by atoms with Crippen LogP contribution in [-0.4, -0.2) is 24.0 Å². The van der Waals surface area contributed by atoms with Crippen LogP contribution in [0.1, 0.15) is 84.5 Å². The third-order valence-corrected chi connectivity index (χ3v) is 8.60. The first-order valence-electron chi connectivity index (χ1n) is 16.1. The number of amides is 1. The third-order valence-electron chi connectivity index (χ3n) is 8.60. The number of hydrogen-bond acceptors (Lipinski definition) is 3. The summed E-state index contributed by atoms with van der Waals surface area (Å²) in [5.41, 5.74) is -3.84. The van der Waals surface area contributed by atoms with Crippen LogP contribution >= 0.6 is 0 Å². The van der Waals surface area contributed by atoms with E-state index in [2.05, 4.69) is 0 Å². The van der Waals surface area contributed by atoms with Gasteiger partial charge in [-0.2, -0.15) is 39.5 Å². The molecule has 5 rings (SSSR count). The van der Waals surface area contributed by atoms with Crippen LogP contribution < -0.4 is 4.90 Å². The molecule has 13 heteroatoms. The zero-order valence-electron chi connectivity index (χ0n) is 27.6. The van der Waals surface area contributed by atoms with Gasteiger partial charge in [-0.15, -0.1) is 0 Å². The molecule has 3 atom stereocenters.